The quantitative estimate of drug-likeness (QED) is 0.570. The molecule has 1 fully saturated rings. The average Bonchev–Trinajstić information content (AvgIpc) is 3.34. The lowest BCUT2D eigenvalue weighted by molar-refractivity contribution is -0.130. The standard InChI is InChI=1S/C23H25FN4O5S/c1-15-5-6-16(13-19(15)24)25-34(32,33)17-7-8-20-18(14-17)22(30)28(23(31)26(20)2)12-9-21(29)27-10-3-4-11-27/h5-8,13-14,25H,3-4,9-12H2,1-2H3. The molecule has 0 unspecified atom stereocenters. The first kappa shape index (κ1) is 23.7. The zero-order valence-electron chi connectivity index (χ0n) is 18.9. The molecule has 0 radical (unpaired) electrons. The van der Waals surface area contributed by atoms with Crippen molar-refractivity contribution in [1.82, 2.24) is 14.0 Å². The molecule has 3 aromatic rings. The van der Waals surface area contributed by atoms with Crippen LogP contribution in [-0.2, 0) is 28.4 Å². The molecule has 9 nitrogen and oxygen atoms in total. The Bertz CT molecular complexity index is 1500. The predicted octanol–water partition coefficient (Wildman–Crippen LogP) is 1.96. The number of rotatable bonds is 6. The highest BCUT2D eigenvalue weighted by molar-refractivity contribution is 7.92. The number of carbonyl (C=O) groups excluding carboxylic acids is 1. The number of hydrogen-bond donors (Lipinski definition) is 1. The van der Waals surface area contributed by atoms with E-state index in [9.17, 15) is 27.2 Å². The van der Waals surface area contributed by atoms with Crippen molar-refractivity contribution >= 4 is 32.5 Å². The number of benzene rings is 2. The molecule has 4 rings (SSSR count). The fourth-order valence-electron chi connectivity index (χ4n) is 4.06. The van der Waals surface area contributed by atoms with Crippen LogP contribution in [0.25, 0.3) is 10.9 Å². The van der Waals surface area contributed by atoms with Gasteiger partial charge in [-0.15, -0.1) is 0 Å². The van der Waals surface area contributed by atoms with Crippen LogP contribution in [0.3, 0.4) is 0 Å². The smallest absolute Gasteiger partial charge is 0.331 e. The van der Waals surface area contributed by atoms with Crippen LogP contribution < -0.4 is 16.0 Å². The van der Waals surface area contributed by atoms with E-state index in [1.165, 1.54) is 41.9 Å². The van der Waals surface area contributed by atoms with Gasteiger partial charge in [0.25, 0.3) is 15.6 Å². The monoisotopic (exact) mass is 488 g/mol. The average molecular weight is 489 g/mol. The van der Waals surface area contributed by atoms with Crippen LogP contribution in [0.1, 0.15) is 24.8 Å². The Balaban J connectivity index is 1.69. The van der Waals surface area contributed by atoms with Crippen molar-refractivity contribution in [3.8, 4) is 0 Å². The van der Waals surface area contributed by atoms with Crippen molar-refractivity contribution in [2.24, 2.45) is 7.05 Å². The number of fused-ring (bicyclic) bond motifs is 1. The van der Waals surface area contributed by atoms with Gasteiger partial charge in [0.2, 0.25) is 5.91 Å². The second kappa shape index (κ2) is 9.05. The van der Waals surface area contributed by atoms with Gasteiger partial charge in [-0.2, -0.15) is 0 Å². The largest absolute Gasteiger partial charge is 0.343 e. The molecule has 0 spiro atoms. The van der Waals surface area contributed by atoms with E-state index in [0.29, 0.717) is 18.7 Å². The molecule has 1 N–H and O–H groups in total. The van der Waals surface area contributed by atoms with Gasteiger partial charge in [0.15, 0.2) is 0 Å². The summed E-state index contributed by atoms with van der Waals surface area (Å²) in [4.78, 5) is 39.7. The van der Waals surface area contributed by atoms with Crippen LogP contribution in [0.2, 0.25) is 0 Å². The molecule has 0 aliphatic carbocycles. The molecule has 11 heteroatoms. The van der Waals surface area contributed by atoms with Crippen molar-refractivity contribution in [2.45, 2.75) is 37.6 Å². The summed E-state index contributed by atoms with van der Waals surface area (Å²) in [6, 6.07) is 7.79. The Kier molecular flexibility index (Phi) is 6.30. The molecule has 0 bridgehead atoms. The normalized spacial score (nSPS) is 14.0. The number of hydrogen-bond acceptors (Lipinski definition) is 5. The first-order valence-corrected chi connectivity index (χ1v) is 12.4. The summed E-state index contributed by atoms with van der Waals surface area (Å²) in [5.74, 6) is -0.683. The van der Waals surface area contributed by atoms with E-state index in [0.717, 1.165) is 23.5 Å². The van der Waals surface area contributed by atoms with Gasteiger partial charge in [-0.05, 0) is 55.7 Å². The summed E-state index contributed by atoms with van der Waals surface area (Å²) in [5.41, 5.74) is -0.585. The molecular formula is C23H25FN4O5S. The van der Waals surface area contributed by atoms with E-state index in [-0.39, 0.29) is 40.4 Å². The Morgan fingerprint density at radius 1 is 1.09 bits per heavy atom. The molecule has 2 aromatic carbocycles. The second-order valence-corrected chi connectivity index (χ2v) is 10.1. The minimum atomic E-state index is -4.14. The van der Waals surface area contributed by atoms with Crippen LogP contribution in [0, 0.1) is 12.7 Å². The van der Waals surface area contributed by atoms with Gasteiger partial charge in [0, 0.05) is 33.1 Å². The van der Waals surface area contributed by atoms with Crippen LogP contribution in [0.4, 0.5) is 10.1 Å². The van der Waals surface area contributed by atoms with Crippen molar-refractivity contribution in [3.63, 3.8) is 0 Å². The van der Waals surface area contributed by atoms with E-state index in [2.05, 4.69) is 4.72 Å². The number of sulfonamides is 1. The molecule has 1 aromatic heterocycles. The summed E-state index contributed by atoms with van der Waals surface area (Å²) >= 11 is 0. The Morgan fingerprint density at radius 2 is 1.79 bits per heavy atom. The first-order chi connectivity index (χ1) is 16.1. The molecule has 1 aliphatic rings. The zero-order valence-corrected chi connectivity index (χ0v) is 19.7. The Labute approximate surface area is 195 Å². The van der Waals surface area contributed by atoms with E-state index < -0.39 is 27.1 Å². The molecule has 34 heavy (non-hydrogen) atoms. The summed E-state index contributed by atoms with van der Waals surface area (Å²) < 4.78 is 44.1. The lowest BCUT2D eigenvalue weighted by atomic mass is 10.2. The molecule has 1 aliphatic heterocycles. The fraction of sp³-hybridized carbons (Fsp3) is 0.348. The van der Waals surface area contributed by atoms with Gasteiger partial charge in [-0.25, -0.2) is 17.6 Å². The molecule has 1 saturated heterocycles. The fourth-order valence-corrected chi connectivity index (χ4v) is 5.14. The topological polar surface area (TPSA) is 110 Å². The second-order valence-electron chi connectivity index (χ2n) is 8.38. The number of amides is 1. The van der Waals surface area contributed by atoms with Crippen molar-refractivity contribution in [1.29, 1.82) is 0 Å². The zero-order chi connectivity index (χ0) is 24.6. The lowest BCUT2D eigenvalue weighted by Gasteiger charge is -2.16. The van der Waals surface area contributed by atoms with E-state index in [1.54, 1.807) is 11.8 Å². The van der Waals surface area contributed by atoms with Gasteiger partial charge < -0.3 is 4.90 Å². The maximum absolute atomic E-state index is 13.8. The van der Waals surface area contributed by atoms with Crippen LogP contribution in [0.5, 0.6) is 0 Å². The summed E-state index contributed by atoms with van der Waals surface area (Å²) in [7, 11) is -2.66. The van der Waals surface area contributed by atoms with Gasteiger partial charge in [0.05, 0.1) is 21.5 Å². The molecule has 2 heterocycles. The highest BCUT2D eigenvalue weighted by Gasteiger charge is 2.21. The predicted molar refractivity (Wildman–Crippen MR) is 126 cm³/mol. The number of nitrogens with one attached hydrogen (secondary N) is 1. The van der Waals surface area contributed by atoms with Crippen LogP contribution in [0.15, 0.2) is 50.9 Å². The van der Waals surface area contributed by atoms with Gasteiger partial charge in [0.1, 0.15) is 5.82 Å². The van der Waals surface area contributed by atoms with E-state index >= 15 is 0 Å². The third-order valence-electron chi connectivity index (χ3n) is 6.07. The van der Waals surface area contributed by atoms with E-state index in [1.807, 2.05) is 0 Å². The van der Waals surface area contributed by atoms with Gasteiger partial charge in [-0.3, -0.25) is 23.4 Å². The van der Waals surface area contributed by atoms with Crippen LogP contribution >= 0.6 is 0 Å². The molecular weight excluding hydrogens is 463 g/mol. The van der Waals surface area contributed by atoms with Crippen molar-refractivity contribution in [2.75, 3.05) is 17.8 Å². The lowest BCUT2D eigenvalue weighted by Crippen LogP contribution is -2.40. The Morgan fingerprint density at radius 3 is 2.47 bits per heavy atom. The first-order valence-electron chi connectivity index (χ1n) is 10.9. The molecule has 1 amide bonds. The maximum atomic E-state index is 13.8. The third-order valence-corrected chi connectivity index (χ3v) is 7.44. The minimum Gasteiger partial charge on any atom is -0.343 e. The summed E-state index contributed by atoms with van der Waals surface area (Å²) in [6.07, 6.45) is 1.87. The third kappa shape index (κ3) is 4.47. The van der Waals surface area contributed by atoms with E-state index in [4.69, 9.17) is 0 Å². The van der Waals surface area contributed by atoms with Crippen molar-refractivity contribution in [3.05, 3.63) is 68.6 Å². The number of nitrogens with zero attached hydrogens (tertiary/aromatic N) is 3. The summed E-state index contributed by atoms with van der Waals surface area (Å²) in [5, 5.41) is 0.0219. The molecule has 180 valence electrons. The minimum absolute atomic E-state index is 0.000807. The number of aryl methyl sites for hydroxylation is 2. The number of anilines is 1. The van der Waals surface area contributed by atoms with Gasteiger partial charge in [-0.1, -0.05) is 6.07 Å². The molecule has 0 saturated carbocycles. The van der Waals surface area contributed by atoms with Crippen molar-refractivity contribution < 1.29 is 17.6 Å². The highest BCUT2D eigenvalue weighted by Crippen LogP contribution is 2.21. The SMILES string of the molecule is Cc1ccc(NS(=O)(=O)c2ccc3c(c2)c(=O)n(CCC(=O)N2CCCC2)c(=O)n3C)cc1F. The number of halogens is 1. The number of likely N-dealkylation sites (tertiary alicyclic amines) is 1. The Hall–Kier alpha value is -3.47. The number of aromatic nitrogens is 2. The van der Waals surface area contributed by atoms with Crippen LogP contribution in [-0.4, -0.2) is 41.4 Å². The summed E-state index contributed by atoms with van der Waals surface area (Å²) in [6.45, 7) is 2.80. The van der Waals surface area contributed by atoms with Gasteiger partial charge >= 0.3 is 5.69 Å². The maximum Gasteiger partial charge on any atom is 0.331 e. The highest BCUT2D eigenvalue weighted by atomic mass is 32.2. The number of carbonyl (C=O) groups is 1. The molecule has 0 atom stereocenters.